The average Bonchev–Trinajstić information content (AvgIpc) is 2.74. The number of aromatic nitrogens is 3. The monoisotopic (exact) mass is 268 g/mol. The Hall–Kier alpha value is -1.92. The number of rotatable bonds is 6. The Balaban J connectivity index is 3.27. The van der Waals surface area contributed by atoms with Crippen LogP contribution in [0, 0.1) is 0 Å². The molecule has 1 unspecified atom stereocenters. The van der Waals surface area contributed by atoms with E-state index in [-0.39, 0.29) is 18.2 Å². The zero-order valence-electron chi connectivity index (χ0n) is 11.7. The highest BCUT2D eigenvalue weighted by Gasteiger charge is 2.28. The van der Waals surface area contributed by atoms with E-state index >= 15 is 0 Å². The molecule has 1 rings (SSSR count). The van der Waals surface area contributed by atoms with E-state index < -0.39 is 17.9 Å². The average molecular weight is 268 g/mol. The van der Waals surface area contributed by atoms with E-state index in [9.17, 15) is 9.59 Å². The molecule has 0 fully saturated rings. The summed E-state index contributed by atoms with van der Waals surface area (Å²) in [5.41, 5.74) is 6.07. The van der Waals surface area contributed by atoms with Gasteiger partial charge in [-0.15, -0.1) is 5.10 Å². The van der Waals surface area contributed by atoms with Crippen LogP contribution in [0.25, 0.3) is 0 Å². The highest BCUT2D eigenvalue weighted by atomic mass is 16.5. The van der Waals surface area contributed by atoms with Crippen LogP contribution in [0.15, 0.2) is 0 Å². The van der Waals surface area contributed by atoms with E-state index in [1.54, 1.807) is 6.92 Å². The molecule has 1 amide bonds. The minimum absolute atomic E-state index is 0.0252. The first-order chi connectivity index (χ1) is 8.93. The van der Waals surface area contributed by atoms with Crippen LogP contribution >= 0.6 is 0 Å². The molecule has 0 aliphatic carbocycles. The van der Waals surface area contributed by atoms with Gasteiger partial charge in [0.15, 0.2) is 5.69 Å². The lowest BCUT2D eigenvalue weighted by Gasteiger charge is -2.16. The lowest BCUT2D eigenvalue weighted by molar-refractivity contribution is -0.121. The Morgan fingerprint density at radius 1 is 1.37 bits per heavy atom. The molecule has 0 aromatic carbocycles. The number of carbonyl (C=O) groups is 2. The number of ether oxygens (including phenoxy) is 1. The van der Waals surface area contributed by atoms with Crippen LogP contribution in [-0.2, 0) is 9.53 Å². The van der Waals surface area contributed by atoms with Gasteiger partial charge in [0.25, 0.3) is 0 Å². The van der Waals surface area contributed by atoms with Gasteiger partial charge in [-0.3, -0.25) is 4.79 Å². The van der Waals surface area contributed by atoms with Crippen LogP contribution in [0.1, 0.15) is 62.3 Å². The number of amides is 1. The third-order valence-electron chi connectivity index (χ3n) is 2.76. The summed E-state index contributed by atoms with van der Waals surface area (Å²) in [5.74, 6) is -1.05. The topological polar surface area (TPSA) is 100 Å². The van der Waals surface area contributed by atoms with E-state index in [0.717, 1.165) is 0 Å². The second-order valence-electron chi connectivity index (χ2n) is 4.47. The summed E-state index contributed by atoms with van der Waals surface area (Å²) in [4.78, 5) is 23.2. The van der Waals surface area contributed by atoms with E-state index in [0.29, 0.717) is 12.1 Å². The van der Waals surface area contributed by atoms with Gasteiger partial charge in [-0.05, 0) is 19.3 Å². The maximum Gasteiger partial charge on any atom is 0.360 e. The van der Waals surface area contributed by atoms with Crippen molar-refractivity contribution in [3.63, 3.8) is 0 Å². The molecule has 2 N–H and O–H groups in total. The third-order valence-corrected chi connectivity index (χ3v) is 2.76. The van der Waals surface area contributed by atoms with Crippen molar-refractivity contribution in [3.8, 4) is 0 Å². The Morgan fingerprint density at radius 3 is 2.42 bits per heavy atom. The summed E-state index contributed by atoms with van der Waals surface area (Å²) in [6.07, 6.45) is 0.487. The maximum atomic E-state index is 11.8. The lowest BCUT2D eigenvalue weighted by Crippen LogP contribution is -2.28. The van der Waals surface area contributed by atoms with Crippen molar-refractivity contribution in [1.29, 1.82) is 0 Å². The largest absolute Gasteiger partial charge is 0.461 e. The van der Waals surface area contributed by atoms with Gasteiger partial charge >= 0.3 is 5.97 Å². The predicted molar refractivity (Wildman–Crippen MR) is 68.6 cm³/mol. The Bertz CT molecular complexity index is 468. The molecule has 0 bridgehead atoms. The first kappa shape index (κ1) is 15.1. The molecular weight excluding hydrogens is 248 g/mol. The fourth-order valence-corrected chi connectivity index (χ4v) is 1.91. The first-order valence-electron chi connectivity index (χ1n) is 6.35. The summed E-state index contributed by atoms with van der Waals surface area (Å²) < 4.78 is 6.36. The van der Waals surface area contributed by atoms with Crippen molar-refractivity contribution >= 4 is 11.9 Å². The van der Waals surface area contributed by atoms with E-state index in [1.165, 1.54) is 4.68 Å². The molecule has 0 saturated carbocycles. The molecule has 1 aromatic rings. The number of hydrogen-bond acceptors (Lipinski definition) is 5. The highest BCUT2D eigenvalue weighted by Crippen LogP contribution is 2.23. The Morgan fingerprint density at radius 2 is 2.00 bits per heavy atom. The van der Waals surface area contributed by atoms with Crippen molar-refractivity contribution in [2.75, 3.05) is 6.61 Å². The maximum absolute atomic E-state index is 11.8. The molecule has 0 spiro atoms. The van der Waals surface area contributed by atoms with Gasteiger partial charge in [-0.25, -0.2) is 9.48 Å². The predicted octanol–water partition coefficient (Wildman–Crippen LogP) is 1.01. The normalized spacial score (nSPS) is 12.5. The summed E-state index contributed by atoms with van der Waals surface area (Å²) in [5, 5.41) is 7.74. The molecule has 7 heteroatoms. The van der Waals surface area contributed by atoms with Gasteiger partial charge < -0.3 is 10.5 Å². The first-order valence-corrected chi connectivity index (χ1v) is 6.35. The van der Waals surface area contributed by atoms with Crippen LogP contribution < -0.4 is 5.73 Å². The van der Waals surface area contributed by atoms with Crippen molar-refractivity contribution < 1.29 is 14.3 Å². The molecule has 0 saturated heterocycles. The summed E-state index contributed by atoms with van der Waals surface area (Å²) in [7, 11) is 0. The fourth-order valence-electron chi connectivity index (χ4n) is 1.91. The van der Waals surface area contributed by atoms with Crippen molar-refractivity contribution in [2.24, 2.45) is 5.73 Å². The SMILES string of the molecule is CCOC(=O)c1nnn(C(CC)C(N)=O)c1C(C)C. The number of nitrogens with zero attached hydrogens (tertiary/aromatic N) is 3. The zero-order chi connectivity index (χ0) is 14.6. The molecular formula is C12H20N4O3. The fraction of sp³-hybridized carbons (Fsp3) is 0.667. The highest BCUT2D eigenvalue weighted by molar-refractivity contribution is 5.88. The van der Waals surface area contributed by atoms with Crippen molar-refractivity contribution in [1.82, 2.24) is 15.0 Å². The zero-order valence-corrected chi connectivity index (χ0v) is 11.7. The number of primary amides is 1. The van der Waals surface area contributed by atoms with Crippen LogP contribution in [-0.4, -0.2) is 33.5 Å². The van der Waals surface area contributed by atoms with Gasteiger partial charge in [-0.2, -0.15) is 0 Å². The minimum atomic E-state index is -0.604. The number of nitrogens with two attached hydrogens (primary N) is 1. The smallest absolute Gasteiger partial charge is 0.360 e. The Kier molecular flexibility index (Phi) is 5.02. The molecule has 106 valence electrons. The van der Waals surface area contributed by atoms with Gasteiger partial charge in [0.2, 0.25) is 5.91 Å². The van der Waals surface area contributed by atoms with Gasteiger partial charge in [0, 0.05) is 0 Å². The van der Waals surface area contributed by atoms with E-state index in [2.05, 4.69) is 10.3 Å². The number of carbonyl (C=O) groups excluding carboxylic acids is 2. The molecule has 0 aliphatic heterocycles. The van der Waals surface area contributed by atoms with Crippen LogP contribution in [0.4, 0.5) is 0 Å². The van der Waals surface area contributed by atoms with Crippen molar-refractivity contribution in [2.45, 2.75) is 46.1 Å². The second-order valence-corrected chi connectivity index (χ2v) is 4.47. The van der Waals surface area contributed by atoms with E-state index in [1.807, 2.05) is 20.8 Å². The number of esters is 1. The van der Waals surface area contributed by atoms with Gasteiger partial charge in [0.1, 0.15) is 6.04 Å². The minimum Gasteiger partial charge on any atom is -0.461 e. The third kappa shape index (κ3) is 3.10. The van der Waals surface area contributed by atoms with Crippen LogP contribution in [0.5, 0.6) is 0 Å². The molecule has 7 nitrogen and oxygen atoms in total. The molecule has 19 heavy (non-hydrogen) atoms. The molecule has 1 heterocycles. The van der Waals surface area contributed by atoms with E-state index in [4.69, 9.17) is 10.5 Å². The van der Waals surface area contributed by atoms with Crippen molar-refractivity contribution in [3.05, 3.63) is 11.4 Å². The molecule has 0 aliphatic rings. The Labute approximate surface area is 112 Å². The van der Waals surface area contributed by atoms with Gasteiger partial charge in [-0.1, -0.05) is 26.0 Å². The summed E-state index contributed by atoms with van der Waals surface area (Å²) >= 11 is 0. The quantitative estimate of drug-likeness (QED) is 0.776. The standard InChI is InChI=1S/C12H20N4O3/c1-5-8(11(13)17)16-10(7(3)4)9(14-15-16)12(18)19-6-2/h7-8H,5-6H2,1-4H3,(H2,13,17). The second kappa shape index (κ2) is 6.31. The van der Waals surface area contributed by atoms with Gasteiger partial charge in [0.05, 0.1) is 12.3 Å². The number of hydrogen-bond donors (Lipinski definition) is 1. The molecule has 0 radical (unpaired) electrons. The molecule has 1 atom stereocenters. The lowest BCUT2D eigenvalue weighted by atomic mass is 10.1. The van der Waals surface area contributed by atoms with Crippen LogP contribution in [0.3, 0.4) is 0 Å². The van der Waals surface area contributed by atoms with Crippen LogP contribution in [0.2, 0.25) is 0 Å². The molecule has 1 aromatic heterocycles. The summed E-state index contributed by atoms with van der Waals surface area (Å²) in [6.45, 7) is 7.59. The summed E-state index contributed by atoms with van der Waals surface area (Å²) in [6, 6.07) is -0.604.